The van der Waals surface area contributed by atoms with Gasteiger partial charge in [0.25, 0.3) is 0 Å². The molecular formula is C28H30ClFN2OSSi. The first kappa shape index (κ1) is 25.8. The Kier molecular flexibility index (Phi) is 7.39. The molecule has 1 aromatic heterocycles. The van der Waals surface area contributed by atoms with Crippen molar-refractivity contribution < 1.29 is 8.82 Å². The second kappa shape index (κ2) is 10.0. The fraction of sp³-hybridized carbons (Fsp3) is 0.321. The van der Waals surface area contributed by atoms with Crippen LogP contribution in [0.3, 0.4) is 0 Å². The molecule has 3 nitrogen and oxygen atoms in total. The Morgan fingerprint density at radius 1 is 1.14 bits per heavy atom. The van der Waals surface area contributed by atoms with Crippen molar-refractivity contribution >= 4 is 48.5 Å². The average Bonchev–Trinajstić information content (AvgIpc) is 3.24. The molecule has 0 fully saturated rings. The average molecular weight is 525 g/mol. The molecule has 4 rings (SSSR count). The van der Waals surface area contributed by atoms with Crippen LogP contribution in [0.1, 0.15) is 49.1 Å². The van der Waals surface area contributed by atoms with E-state index in [0.29, 0.717) is 18.7 Å². The minimum Gasteiger partial charge on any atom is -0.405 e. The van der Waals surface area contributed by atoms with Gasteiger partial charge in [-0.25, -0.2) is 14.4 Å². The molecule has 1 unspecified atom stereocenters. The fourth-order valence-electron chi connectivity index (χ4n) is 3.88. The normalized spacial score (nSPS) is 14.4. The molecule has 2 heterocycles. The molecule has 1 atom stereocenters. The van der Waals surface area contributed by atoms with Crippen molar-refractivity contribution in [2.24, 2.45) is 4.99 Å². The van der Waals surface area contributed by atoms with E-state index in [4.69, 9.17) is 33.2 Å². The molecule has 0 saturated carbocycles. The van der Waals surface area contributed by atoms with E-state index < -0.39 is 14.1 Å². The third kappa shape index (κ3) is 5.61. The van der Waals surface area contributed by atoms with E-state index in [2.05, 4.69) is 51.0 Å². The van der Waals surface area contributed by atoms with Crippen molar-refractivity contribution in [1.82, 2.24) is 4.98 Å². The summed E-state index contributed by atoms with van der Waals surface area (Å²) in [6, 6.07) is 16.9. The van der Waals surface area contributed by atoms with E-state index in [1.165, 1.54) is 6.07 Å². The van der Waals surface area contributed by atoms with Crippen molar-refractivity contribution in [1.29, 1.82) is 0 Å². The maximum Gasteiger partial charge on any atom is 0.193 e. The lowest BCUT2D eigenvalue weighted by Gasteiger charge is -2.39. The van der Waals surface area contributed by atoms with Gasteiger partial charge in [-0.05, 0) is 53.0 Å². The highest BCUT2D eigenvalue weighted by molar-refractivity contribution is 7.80. The predicted molar refractivity (Wildman–Crippen MR) is 149 cm³/mol. The monoisotopic (exact) mass is 524 g/mol. The molecule has 1 aliphatic rings. The number of aliphatic imine (C=N–C) groups is 1. The Balaban J connectivity index is 1.64. The first-order valence-electron chi connectivity index (χ1n) is 11.7. The molecule has 2 aromatic carbocycles. The van der Waals surface area contributed by atoms with Crippen LogP contribution in [-0.4, -0.2) is 23.9 Å². The van der Waals surface area contributed by atoms with Gasteiger partial charge in [-0.2, -0.15) is 0 Å². The van der Waals surface area contributed by atoms with Gasteiger partial charge in [-0.1, -0.05) is 81.0 Å². The summed E-state index contributed by atoms with van der Waals surface area (Å²) in [6.45, 7) is 11.3. The molecule has 0 spiro atoms. The molecule has 1 aliphatic heterocycles. The van der Waals surface area contributed by atoms with Crippen molar-refractivity contribution in [3.05, 3.63) is 93.9 Å². The molecule has 0 N–H and O–H groups in total. The van der Waals surface area contributed by atoms with Crippen LogP contribution in [0.4, 0.5) is 10.2 Å². The Bertz CT molecular complexity index is 1290. The molecule has 0 saturated heterocycles. The van der Waals surface area contributed by atoms with E-state index in [9.17, 15) is 4.39 Å². The van der Waals surface area contributed by atoms with Crippen LogP contribution in [0, 0.1) is 5.82 Å². The number of rotatable bonds is 7. The number of hydrogen-bond acceptors (Lipinski definition) is 4. The molecule has 35 heavy (non-hydrogen) atoms. The van der Waals surface area contributed by atoms with Crippen LogP contribution in [0.15, 0.2) is 65.8 Å². The van der Waals surface area contributed by atoms with Gasteiger partial charge in [0.1, 0.15) is 11.9 Å². The second-order valence-electron chi connectivity index (χ2n) is 10.5. The second-order valence-corrected chi connectivity index (χ2v) is 16.1. The SMILES string of the molecule is CC(C)(C)[Si](C)(C)OC(C1=Nc2nccc(C(=S)Cc3ccc(F)c(Cl)c3)c2C1)c1ccccc1. The zero-order valence-electron chi connectivity index (χ0n) is 20.7. The van der Waals surface area contributed by atoms with Gasteiger partial charge in [0.15, 0.2) is 14.1 Å². The minimum absolute atomic E-state index is 0.0630. The molecule has 7 heteroatoms. The first-order chi connectivity index (χ1) is 16.5. The quantitative estimate of drug-likeness (QED) is 0.177. The number of hydrogen-bond donors (Lipinski definition) is 0. The van der Waals surface area contributed by atoms with Gasteiger partial charge in [0.05, 0.1) is 10.7 Å². The molecule has 0 aliphatic carbocycles. The van der Waals surface area contributed by atoms with Crippen LogP contribution in [-0.2, 0) is 17.3 Å². The third-order valence-electron chi connectivity index (χ3n) is 6.91. The van der Waals surface area contributed by atoms with Gasteiger partial charge in [0.2, 0.25) is 0 Å². The Hall–Kier alpha value is -2.25. The largest absolute Gasteiger partial charge is 0.405 e. The molecular weight excluding hydrogens is 495 g/mol. The summed E-state index contributed by atoms with van der Waals surface area (Å²) in [5.41, 5.74) is 4.87. The summed E-state index contributed by atoms with van der Waals surface area (Å²) in [4.78, 5) is 10.2. The number of nitrogens with zero attached hydrogens (tertiary/aromatic N) is 2. The van der Waals surface area contributed by atoms with Crippen LogP contribution in [0.25, 0.3) is 0 Å². The van der Waals surface area contributed by atoms with Crippen LogP contribution in [0.2, 0.25) is 23.2 Å². The van der Waals surface area contributed by atoms with E-state index >= 15 is 0 Å². The summed E-state index contributed by atoms with van der Waals surface area (Å²) in [5, 5.41) is 0.164. The van der Waals surface area contributed by atoms with Gasteiger partial charge in [0, 0.05) is 29.5 Å². The zero-order chi connectivity index (χ0) is 25.4. The summed E-state index contributed by atoms with van der Waals surface area (Å²) in [5.74, 6) is 0.259. The van der Waals surface area contributed by atoms with Crippen molar-refractivity contribution in [3.63, 3.8) is 0 Å². The van der Waals surface area contributed by atoms with E-state index in [1.54, 1.807) is 18.3 Å². The molecule has 182 valence electrons. The lowest BCUT2D eigenvalue weighted by Crippen LogP contribution is -2.43. The molecule has 0 radical (unpaired) electrons. The smallest absolute Gasteiger partial charge is 0.193 e. The van der Waals surface area contributed by atoms with Crippen LogP contribution >= 0.6 is 23.8 Å². The molecule has 3 aromatic rings. The lowest BCUT2D eigenvalue weighted by atomic mass is 9.96. The van der Waals surface area contributed by atoms with Crippen molar-refractivity contribution in [2.75, 3.05) is 0 Å². The van der Waals surface area contributed by atoms with E-state index in [0.717, 1.165) is 32.8 Å². The summed E-state index contributed by atoms with van der Waals surface area (Å²) >= 11 is 11.8. The summed E-state index contributed by atoms with van der Waals surface area (Å²) in [6.07, 6.45) is 2.61. The maximum atomic E-state index is 13.6. The van der Waals surface area contributed by atoms with Gasteiger partial charge < -0.3 is 4.43 Å². The third-order valence-corrected chi connectivity index (χ3v) is 12.0. The fourth-order valence-corrected chi connectivity index (χ4v) is 5.66. The Morgan fingerprint density at radius 2 is 1.86 bits per heavy atom. The predicted octanol–water partition coefficient (Wildman–Crippen LogP) is 8.23. The van der Waals surface area contributed by atoms with E-state index in [1.807, 2.05) is 24.3 Å². The standard InChI is InChI=1S/C28H30ClFN2OSSi/c1-28(2,3)35(4,5)33-26(19-9-7-6-8-10-19)24-17-21-20(13-14-31-27(21)32-24)25(34)16-18-11-12-23(30)22(29)15-18/h6-15,26H,16-17H2,1-5H3. The molecule has 0 bridgehead atoms. The summed E-state index contributed by atoms with van der Waals surface area (Å²) in [7, 11) is -2.09. The van der Waals surface area contributed by atoms with Gasteiger partial charge in [-0.15, -0.1) is 0 Å². The highest BCUT2D eigenvalue weighted by Gasteiger charge is 2.41. The highest BCUT2D eigenvalue weighted by Crippen LogP contribution is 2.42. The zero-order valence-corrected chi connectivity index (χ0v) is 23.3. The number of pyridine rings is 1. The van der Waals surface area contributed by atoms with Gasteiger partial charge >= 0.3 is 0 Å². The van der Waals surface area contributed by atoms with Crippen molar-refractivity contribution in [2.45, 2.75) is 57.8 Å². The highest BCUT2D eigenvalue weighted by atomic mass is 35.5. The number of halogens is 2. The molecule has 0 amide bonds. The topological polar surface area (TPSA) is 34.5 Å². The van der Waals surface area contributed by atoms with Crippen molar-refractivity contribution in [3.8, 4) is 0 Å². The first-order valence-corrected chi connectivity index (χ1v) is 15.4. The number of benzene rings is 2. The number of fused-ring (bicyclic) bond motifs is 1. The van der Waals surface area contributed by atoms with Crippen LogP contribution < -0.4 is 0 Å². The Labute approximate surface area is 218 Å². The minimum atomic E-state index is -2.09. The summed E-state index contributed by atoms with van der Waals surface area (Å²) < 4.78 is 20.5. The van der Waals surface area contributed by atoms with E-state index in [-0.39, 0.29) is 16.2 Å². The lowest BCUT2D eigenvalue weighted by molar-refractivity contribution is 0.245. The van der Waals surface area contributed by atoms with Gasteiger partial charge in [-0.3, -0.25) is 0 Å². The van der Waals surface area contributed by atoms with Crippen LogP contribution in [0.5, 0.6) is 0 Å². The Morgan fingerprint density at radius 3 is 2.51 bits per heavy atom. The number of aromatic nitrogens is 1. The maximum absolute atomic E-state index is 13.6. The number of thiocarbonyl (C=S) groups is 1.